The van der Waals surface area contributed by atoms with Gasteiger partial charge in [-0.05, 0) is 49.4 Å². The zero-order valence-corrected chi connectivity index (χ0v) is 19.8. The largest absolute Gasteiger partial charge is 0.406 e. The summed E-state index contributed by atoms with van der Waals surface area (Å²) in [5.41, 5.74) is 0.595. The molecule has 1 amide bonds. The molecule has 1 heterocycles. The third-order valence-electron chi connectivity index (χ3n) is 6.29. The van der Waals surface area contributed by atoms with Crippen LogP contribution in [0.1, 0.15) is 45.6 Å². The first-order valence-corrected chi connectivity index (χ1v) is 13.0. The quantitative estimate of drug-likeness (QED) is 0.406. The van der Waals surface area contributed by atoms with Crippen LogP contribution in [0, 0.1) is 5.92 Å². The molecule has 0 radical (unpaired) electrons. The Hall–Kier alpha value is -2.28. The molecule has 0 saturated carbocycles. The number of carbonyl (C=O) groups excluding carboxylic acids is 1. The number of rotatable bonds is 7. The summed E-state index contributed by atoms with van der Waals surface area (Å²) in [4.78, 5) is 16.2. The van der Waals surface area contributed by atoms with Gasteiger partial charge in [-0.1, -0.05) is 25.8 Å². The van der Waals surface area contributed by atoms with Gasteiger partial charge in [-0.15, -0.1) is 0 Å². The fourth-order valence-corrected chi connectivity index (χ4v) is 5.87. The van der Waals surface area contributed by atoms with Crippen molar-refractivity contribution in [3.8, 4) is 0 Å². The third kappa shape index (κ3) is 3.96. The number of carbonyl (C=O) groups is 1. The van der Waals surface area contributed by atoms with Crippen LogP contribution < -0.4 is 5.23 Å². The second-order valence-corrected chi connectivity index (χ2v) is 10.9. The summed E-state index contributed by atoms with van der Waals surface area (Å²) >= 11 is 0. The smallest absolute Gasteiger partial charge is 0.295 e. The summed E-state index contributed by atoms with van der Waals surface area (Å²) in [6.45, 7) is 5.59. The molecule has 2 aromatic rings. The molecular weight excluding hydrogens is 455 g/mol. The molecule has 32 heavy (non-hydrogen) atoms. The van der Waals surface area contributed by atoms with Crippen molar-refractivity contribution in [2.45, 2.75) is 55.2 Å². The molecule has 2 unspecified atom stereocenters. The summed E-state index contributed by atoms with van der Waals surface area (Å²) in [7, 11) is -8.09. The number of hydrogen-bond donors (Lipinski definition) is 3. The molecule has 0 bridgehead atoms. The van der Waals surface area contributed by atoms with Gasteiger partial charge in [0.05, 0.1) is 16.5 Å². The van der Waals surface area contributed by atoms with E-state index in [1.54, 1.807) is 13.0 Å². The summed E-state index contributed by atoms with van der Waals surface area (Å²) in [5, 5.41) is 2.93. The van der Waals surface area contributed by atoms with Gasteiger partial charge in [0.1, 0.15) is 4.90 Å². The number of nitrogens with zero attached hydrogens (tertiary/aromatic N) is 1. The van der Waals surface area contributed by atoms with Crippen molar-refractivity contribution >= 4 is 56.3 Å². The lowest BCUT2D eigenvalue weighted by molar-refractivity contribution is -0.124. The van der Waals surface area contributed by atoms with Gasteiger partial charge in [0.25, 0.3) is 20.2 Å². The molecule has 1 aliphatic rings. The second-order valence-electron chi connectivity index (χ2n) is 8.13. The third-order valence-corrected chi connectivity index (χ3v) is 8.01. The predicted octanol–water partition coefficient (Wildman–Crippen LogP) is 2.17. The van der Waals surface area contributed by atoms with Crippen LogP contribution >= 0.6 is 0 Å². The molecule has 0 fully saturated rings. The summed E-state index contributed by atoms with van der Waals surface area (Å²) in [6, 6.07) is 4.88. The minimum Gasteiger partial charge on any atom is -0.406 e. The molecule has 9 nitrogen and oxygen atoms in total. The number of hydrogen-bond acceptors (Lipinski definition) is 6. The Kier molecular flexibility index (Phi) is 6.28. The standard InChI is InChI=1S/C20H25BN2O7S2/c1-4-5-6-15(19(24)23-21)20(3)11(2)22-16-8-7-13-14(18(16)20)9-12(31(25,26)27)10-17(13)32(28,29)30/h7-10,15H,4-6,21H2,1-3H3,(H,23,24)(H,25,26,27)(H,28,29,30). The Balaban J connectivity index is 2.47. The van der Waals surface area contributed by atoms with Crippen LogP contribution in [0.3, 0.4) is 0 Å². The number of unbranched alkanes of at least 4 members (excludes halogenated alkanes) is 1. The normalized spacial score (nSPS) is 19.5. The molecule has 0 spiro atoms. The highest BCUT2D eigenvalue weighted by Gasteiger charge is 2.47. The Morgan fingerprint density at radius 1 is 1.16 bits per heavy atom. The maximum absolute atomic E-state index is 12.9. The maximum Gasteiger partial charge on any atom is 0.295 e. The zero-order valence-electron chi connectivity index (χ0n) is 18.2. The number of amides is 1. The molecule has 12 heteroatoms. The van der Waals surface area contributed by atoms with Gasteiger partial charge in [0.15, 0.2) is 0 Å². The molecule has 0 aromatic heterocycles. The summed E-state index contributed by atoms with van der Waals surface area (Å²) < 4.78 is 67.3. The Labute approximate surface area is 188 Å². The summed E-state index contributed by atoms with van der Waals surface area (Å²) in [6.07, 6.45) is 2.13. The van der Waals surface area contributed by atoms with Gasteiger partial charge in [-0.2, -0.15) is 16.8 Å². The highest BCUT2D eigenvalue weighted by Crippen LogP contribution is 2.50. The molecule has 2 aromatic carbocycles. The lowest BCUT2D eigenvalue weighted by Crippen LogP contribution is -2.45. The molecule has 0 aliphatic carbocycles. The van der Waals surface area contributed by atoms with Gasteiger partial charge in [-0.3, -0.25) is 18.9 Å². The average Bonchev–Trinajstić information content (AvgIpc) is 2.96. The van der Waals surface area contributed by atoms with Crippen LogP contribution in [0.15, 0.2) is 39.0 Å². The first kappa shape index (κ1) is 24.4. The van der Waals surface area contributed by atoms with Crippen LogP contribution in [0.5, 0.6) is 0 Å². The van der Waals surface area contributed by atoms with Gasteiger partial charge in [0, 0.05) is 16.5 Å². The number of benzene rings is 2. The lowest BCUT2D eigenvalue weighted by Gasteiger charge is -2.35. The van der Waals surface area contributed by atoms with E-state index in [4.69, 9.17) is 0 Å². The molecular formula is C20H25BN2O7S2. The highest BCUT2D eigenvalue weighted by molar-refractivity contribution is 7.86. The van der Waals surface area contributed by atoms with Gasteiger partial charge < -0.3 is 5.23 Å². The molecule has 3 rings (SSSR count). The zero-order chi connectivity index (χ0) is 24.1. The lowest BCUT2D eigenvalue weighted by atomic mass is 9.66. The van der Waals surface area contributed by atoms with Crippen molar-refractivity contribution in [2.75, 3.05) is 0 Å². The molecule has 0 saturated heterocycles. The van der Waals surface area contributed by atoms with Crippen LogP contribution in [-0.2, 0) is 30.4 Å². The topological polar surface area (TPSA) is 150 Å². The molecule has 172 valence electrons. The van der Waals surface area contributed by atoms with E-state index in [0.717, 1.165) is 18.9 Å². The van der Waals surface area contributed by atoms with E-state index in [1.165, 1.54) is 14.0 Å². The fraction of sp³-hybridized carbons (Fsp3) is 0.400. The Morgan fingerprint density at radius 2 is 1.81 bits per heavy atom. The van der Waals surface area contributed by atoms with Crippen LogP contribution in [-0.4, -0.2) is 45.5 Å². The second kappa shape index (κ2) is 8.25. The monoisotopic (exact) mass is 480 g/mol. The minimum atomic E-state index is -4.83. The molecule has 3 N–H and O–H groups in total. The van der Waals surface area contributed by atoms with E-state index < -0.39 is 41.4 Å². The highest BCUT2D eigenvalue weighted by atomic mass is 32.2. The van der Waals surface area contributed by atoms with Crippen molar-refractivity contribution < 1.29 is 30.7 Å². The van der Waals surface area contributed by atoms with Gasteiger partial charge in [-0.25, -0.2) is 0 Å². The van der Waals surface area contributed by atoms with E-state index in [1.807, 2.05) is 13.8 Å². The van der Waals surface area contributed by atoms with E-state index >= 15 is 0 Å². The maximum atomic E-state index is 12.9. The van der Waals surface area contributed by atoms with Crippen molar-refractivity contribution in [2.24, 2.45) is 10.9 Å². The SMILES string of the molecule is BNC(=O)C(CCCC)C1(C)C(C)=Nc2ccc3c(S(=O)(=O)O)cc(S(=O)(=O)O)cc3c21. The van der Waals surface area contributed by atoms with Crippen LogP contribution in [0.2, 0.25) is 0 Å². The molecule has 1 aliphatic heterocycles. The minimum absolute atomic E-state index is 0.0703. The number of aliphatic imine (C=N–C) groups is 1. The van der Waals surface area contributed by atoms with Crippen molar-refractivity contribution in [1.82, 2.24) is 5.23 Å². The average molecular weight is 480 g/mol. The van der Waals surface area contributed by atoms with Crippen LogP contribution in [0.4, 0.5) is 5.69 Å². The number of fused-ring (bicyclic) bond motifs is 3. The van der Waals surface area contributed by atoms with Crippen molar-refractivity contribution in [3.63, 3.8) is 0 Å². The van der Waals surface area contributed by atoms with Gasteiger partial charge in [0.2, 0.25) is 13.9 Å². The van der Waals surface area contributed by atoms with Gasteiger partial charge >= 0.3 is 0 Å². The van der Waals surface area contributed by atoms with E-state index in [9.17, 15) is 30.7 Å². The van der Waals surface area contributed by atoms with Crippen molar-refractivity contribution in [3.05, 3.63) is 29.8 Å². The molecule has 2 atom stereocenters. The fourth-order valence-electron chi connectivity index (χ4n) is 4.53. The first-order valence-electron chi connectivity index (χ1n) is 10.1. The van der Waals surface area contributed by atoms with E-state index in [0.29, 0.717) is 29.4 Å². The number of nitrogens with one attached hydrogen (secondary N) is 1. The Morgan fingerprint density at radius 3 is 2.34 bits per heavy atom. The first-order chi connectivity index (χ1) is 14.8. The summed E-state index contributed by atoms with van der Waals surface area (Å²) in [5.74, 6) is -0.784. The van der Waals surface area contributed by atoms with E-state index in [2.05, 4.69) is 10.2 Å². The predicted molar refractivity (Wildman–Crippen MR) is 123 cm³/mol. The van der Waals surface area contributed by atoms with E-state index in [-0.39, 0.29) is 16.7 Å². The van der Waals surface area contributed by atoms with Crippen LogP contribution in [0.25, 0.3) is 10.8 Å². The Bertz CT molecular complexity index is 1350. The van der Waals surface area contributed by atoms with Crippen molar-refractivity contribution in [1.29, 1.82) is 0 Å².